The number of hydrogen-bond acceptors (Lipinski definition) is 8. The molecule has 0 saturated carbocycles. The Hall–Kier alpha value is -4.67. The molecule has 0 unspecified atom stereocenters. The van der Waals surface area contributed by atoms with Gasteiger partial charge in [0.15, 0.2) is 5.58 Å². The van der Waals surface area contributed by atoms with Crippen LogP contribution in [0, 0.1) is 6.92 Å². The highest BCUT2D eigenvalue weighted by atomic mass is 19.3. The standard InChI is InChI=1S/C25H19F2N5O4/c1-12-7-16(13(2)31-19-6-4-3-5-15(19)23(33)34)21-17(8-12)20-22(35-21)18(11-30-32-20)14-9-28-25(29-10-14)36-24(26)27/h3-11,13,24,31H,1-2H3,(H,33,34)/t13-/m1/s1. The molecule has 1 atom stereocenters. The number of nitrogens with zero attached hydrogens (tertiary/aromatic N) is 4. The van der Waals surface area contributed by atoms with Gasteiger partial charge in [-0.05, 0) is 37.6 Å². The molecule has 5 rings (SSSR count). The van der Waals surface area contributed by atoms with Gasteiger partial charge >= 0.3 is 18.6 Å². The van der Waals surface area contributed by atoms with Gasteiger partial charge in [-0.2, -0.15) is 13.9 Å². The molecule has 9 nitrogen and oxygen atoms in total. The van der Waals surface area contributed by atoms with Gasteiger partial charge in [0.1, 0.15) is 11.1 Å². The highest BCUT2D eigenvalue weighted by Crippen LogP contribution is 2.38. The number of ether oxygens (including phenoxy) is 1. The molecule has 0 aliphatic carbocycles. The number of anilines is 1. The zero-order chi connectivity index (χ0) is 25.4. The predicted octanol–water partition coefficient (Wildman–Crippen LogP) is 5.61. The number of rotatable bonds is 7. The monoisotopic (exact) mass is 491 g/mol. The van der Waals surface area contributed by atoms with Crippen LogP contribution in [0.4, 0.5) is 14.5 Å². The second kappa shape index (κ2) is 9.17. The third-order valence-corrected chi connectivity index (χ3v) is 5.66. The average Bonchev–Trinajstić information content (AvgIpc) is 3.22. The SMILES string of the molecule is Cc1cc([C@@H](C)Nc2ccccc2C(=O)O)c2oc3c(-c4cnc(OC(F)F)nc4)cnnc3c2c1. The Labute approximate surface area is 202 Å². The number of alkyl halides is 2. The number of nitrogens with one attached hydrogen (secondary N) is 1. The van der Waals surface area contributed by atoms with Gasteiger partial charge in [-0.3, -0.25) is 0 Å². The zero-order valence-corrected chi connectivity index (χ0v) is 19.1. The van der Waals surface area contributed by atoms with Crippen molar-refractivity contribution in [1.29, 1.82) is 0 Å². The van der Waals surface area contributed by atoms with E-state index in [2.05, 4.69) is 30.2 Å². The maximum absolute atomic E-state index is 12.4. The van der Waals surface area contributed by atoms with Gasteiger partial charge in [0.2, 0.25) is 0 Å². The lowest BCUT2D eigenvalue weighted by atomic mass is 10.0. The Balaban J connectivity index is 1.60. The lowest BCUT2D eigenvalue weighted by Crippen LogP contribution is -2.11. The van der Waals surface area contributed by atoms with Gasteiger partial charge in [-0.25, -0.2) is 14.8 Å². The minimum Gasteiger partial charge on any atom is -0.478 e. The number of carbonyl (C=O) groups is 1. The Morgan fingerprint density at radius 2 is 1.86 bits per heavy atom. The van der Waals surface area contributed by atoms with Gasteiger partial charge in [0, 0.05) is 34.6 Å². The summed E-state index contributed by atoms with van der Waals surface area (Å²) in [6.45, 7) is 0.814. The molecule has 0 saturated heterocycles. The van der Waals surface area contributed by atoms with Gasteiger partial charge in [0.05, 0.1) is 23.4 Å². The van der Waals surface area contributed by atoms with E-state index < -0.39 is 18.6 Å². The maximum Gasteiger partial charge on any atom is 0.389 e. The minimum atomic E-state index is -3.03. The van der Waals surface area contributed by atoms with Gasteiger partial charge < -0.3 is 19.6 Å². The normalized spacial score (nSPS) is 12.2. The molecule has 2 N–H and O–H groups in total. The van der Waals surface area contributed by atoms with E-state index in [4.69, 9.17) is 4.42 Å². The smallest absolute Gasteiger partial charge is 0.389 e. The first-order valence-electron chi connectivity index (χ1n) is 10.9. The summed E-state index contributed by atoms with van der Waals surface area (Å²) in [5, 5.41) is 21.9. The van der Waals surface area contributed by atoms with E-state index >= 15 is 0 Å². The number of aryl methyl sites for hydroxylation is 1. The van der Waals surface area contributed by atoms with Crippen LogP contribution in [0.25, 0.3) is 33.2 Å². The van der Waals surface area contributed by atoms with E-state index in [9.17, 15) is 18.7 Å². The number of para-hydroxylation sites is 1. The second-order valence-corrected chi connectivity index (χ2v) is 8.12. The summed E-state index contributed by atoms with van der Waals surface area (Å²) in [7, 11) is 0. The van der Waals surface area contributed by atoms with Crippen LogP contribution in [0.15, 0.2) is 59.4 Å². The Morgan fingerprint density at radius 3 is 2.58 bits per heavy atom. The van der Waals surface area contributed by atoms with Crippen molar-refractivity contribution >= 4 is 33.7 Å². The fraction of sp³-hybridized carbons (Fsp3) is 0.160. The number of carboxylic acid groups (broad SMARTS) is 1. The van der Waals surface area contributed by atoms with Crippen molar-refractivity contribution in [1.82, 2.24) is 20.2 Å². The van der Waals surface area contributed by atoms with E-state index in [0.29, 0.717) is 33.5 Å². The predicted molar refractivity (Wildman–Crippen MR) is 127 cm³/mol. The van der Waals surface area contributed by atoms with Gasteiger partial charge in [-0.15, -0.1) is 5.10 Å². The molecule has 0 aliphatic heterocycles. The number of benzene rings is 2. The highest BCUT2D eigenvalue weighted by Gasteiger charge is 2.21. The Kier molecular flexibility index (Phi) is 5.88. The second-order valence-electron chi connectivity index (χ2n) is 8.12. The van der Waals surface area contributed by atoms with Crippen molar-refractivity contribution in [2.75, 3.05) is 5.32 Å². The summed E-state index contributed by atoms with van der Waals surface area (Å²) < 4.78 is 35.4. The summed E-state index contributed by atoms with van der Waals surface area (Å²) in [6, 6.07) is 9.78. The number of furan rings is 1. The number of halogens is 2. The molecule has 0 radical (unpaired) electrons. The Bertz CT molecular complexity index is 1590. The average molecular weight is 491 g/mol. The highest BCUT2D eigenvalue weighted by molar-refractivity contribution is 6.08. The number of fused-ring (bicyclic) bond motifs is 3. The third-order valence-electron chi connectivity index (χ3n) is 5.66. The molecule has 3 aromatic heterocycles. The van der Waals surface area contributed by atoms with Crippen LogP contribution in [0.1, 0.15) is 34.5 Å². The molecule has 0 amide bonds. The molecule has 0 aliphatic rings. The number of hydrogen-bond donors (Lipinski definition) is 2. The molecule has 11 heteroatoms. The van der Waals surface area contributed by atoms with Crippen LogP contribution >= 0.6 is 0 Å². The fourth-order valence-corrected chi connectivity index (χ4v) is 4.08. The Morgan fingerprint density at radius 1 is 1.11 bits per heavy atom. The first kappa shape index (κ1) is 23.1. The summed E-state index contributed by atoms with van der Waals surface area (Å²) in [5.74, 6) is -1.03. The van der Waals surface area contributed by atoms with Crippen LogP contribution < -0.4 is 10.1 Å². The summed E-state index contributed by atoms with van der Waals surface area (Å²) >= 11 is 0. The lowest BCUT2D eigenvalue weighted by Gasteiger charge is -2.18. The largest absolute Gasteiger partial charge is 0.478 e. The van der Waals surface area contributed by atoms with Crippen molar-refractivity contribution in [3.05, 3.63) is 71.7 Å². The van der Waals surface area contributed by atoms with Crippen LogP contribution in [-0.4, -0.2) is 37.9 Å². The summed E-state index contributed by atoms with van der Waals surface area (Å²) in [5.41, 5.74) is 4.89. The molecule has 2 aromatic carbocycles. The van der Waals surface area contributed by atoms with E-state index in [1.165, 1.54) is 24.7 Å². The van der Waals surface area contributed by atoms with Crippen LogP contribution in [0.2, 0.25) is 0 Å². The molecule has 5 aromatic rings. The van der Waals surface area contributed by atoms with E-state index in [1.807, 2.05) is 26.0 Å². The first-order chi connectivity index (χ1) is 17.3. The van der Waals surface area contributed by atoms with Crippen molar-refractivity contribution in [2.24, 2.45) is 0 Å². The first-order valence-corrected chi connectivity index (χ1v) is 10.9. The third kappa shape index (κ3) is 4.26. The molecule has 0 bridgehead atoms. The summed E-state index contributed by atoms with van der Waals surface area (Å²) in [6.07, 6.45) is 4.16. The molecule has 182 valence electrons. The quantitative estimate of drug-likeness (QED) is 0.299. The van der Waals surface area contributed by atoms with Crippen LogP contribution in [0.3, 0.4) is 0 Å². The number of aromatic carboxylic acids is 1. The van der Waals surface area contributed by atoms with E-state index in [1.54, 1.807) is 18.2 Å². The molecular weight excluding hydrogens is 472 g/mol. The molecule has 36 heavy (non-hydrogen) atoms. The van der Waals surface area contributed by atoms with Crippen molar-refractivity contribution in [3.63, 3.8) is 0 Å². The topological polar surface area (TPSA) is 123 Å². The van der Waals surface area contributed by atoms with E-state index in [0.717, 1.165) is 16.5 Å². The molecule has 0 fully saturated rings. The zero-order valence-electron chi connectivity index (χ0n) is 19.1. The van der Waals surface area contributed by atoms with Crippen LogP contribution in [-0.2, 0) is 0 Å². The van der Waals surface area contributed by atoms with Crippen LogP contribution in [0.5, 0.6) is 6.01 Å². The maximum atomic E-state index is 12.4. The van der Waals surface area contributed by atoms with Crippen molar-refractivity contribution in [2.45, 2.75) is 26.5 Å². The molecule has 3 heterocycles. The van der Waals surface area contributed by atoms with E-state index in [-0.39, 0.29) is 11.6 Å². The van der Waals surface area contributed by atoms with Gasteiger partial charge in [0.25, 0.3) is 0 Å². The van der Waals surface area contributed by atoms with Gasteiger partial charge in [-0.1, -0.05) is 18.2 Å². The molecule has 0 spiro atoms. The van der Waals surface area contributed by atoms with Crippen molar-refractivity contribution in [3.8, 4) is 17.1 Å². The lowest BCUT2D eigenvalue weighted by molar-refractivity contribution is -0.0560. The number of carboxylic acids is 1. The fourth-order valence-electron chi connectivity index (χ4n) is 4.08. The molecular formula is C25H19F2N5O4. The van der Waals surface area contributed by atoms with Crippen molar-refractivity contribution < 1.29 is 27.8 Å². The summed E-state index contributed by atoms with van der Waals surface area (Å²) in [4.78, 5) is 19.3. The minimum absolute atomic E-state index is 0.158. The number of aromatic nitrogens is 4.